The third-order valence-corrected chi connectivity index (χ3v) is 3.23. The molecule has 0 unspecified atom stereocenters. The Morgan fingerprint density at radius 2 is 2.00 bits per heavy atom. The molecule has 0 aliphatic heterocycles. The zero-order chi connectivity index (χ0) is 10.0. The molecule has 0 aliphatic carbocycles. The summed E-state index contributed by atoms with van der Waals surface area (Å²) >= 11 is 3.88. The molecule has 0 spiro atoms. The minimum absolute atomic E-state index is 0.179. The van der Waals surface area contributed by atoms with Crippen molar-refractivity contribution in [3.63, 3.8) is 0 Å². The van der Waals surface area contributed by atoms with Gasteiger partial charge >= 0.3 is 0 Å². The predicted octanol–water partition coefficient (Wildman–Crippen LogP) is 2.69. The molecule has 0 aromatic carbocycles. The van der Waals surface area contributed by atoms with Crippen molar-refractivity contribution in [1.29, 1.82) is 0 Å². The number of pyridine rings is 1. The molecule has 1 aromatic rings. The summed E-state index contributed by atoms with van der Waals surface area (Å²) in [6.45, 7) is 0.189. The maximum Gasteiger partial charge on any atom is 0.281 e. The van der Waals surface area contributed by atoms with E-state index in [0.29, 0.717) is 9.26 Å². The van der Waals surface area contributed by atoms with E-state index in [1.807, 2.05) is 45.2 Å². The SMILES string of the molecule is NCc1nc(C(F)F)c(I)cc1I. The topological polar surface area (TPSA) is 38.9 Å². The Morgan fingerprint density at radius 3 is 2.46 bits per heavy atom. The Hall–Kier alpha value is 0.430. The molecule has 0 saturated heterocycles. The second-order valence-corrected chi connectivity index (χ2v) is 4.61. The van der Waals surface area contributed by atoms with Crippen molar-refractivity contribution >= 4 is 45.2 Å². The van der Waals surface area contributed by atoms with Crippen molar-refractivity contribution < 1.29 is 8.78 Å². The first-order valence-electron chi connectivity index (χ1n) is 3.39. The molecule has 0 fully saturated rings. The summed E-state index contributed by atoms with van der Waals surface area (Å²) in [5.74, 6) is 0. The van der Waals surface area contributed by atoms with Gasteiger partial charge in [-0.1, -0.05) is 0 Å². The van der Waals surface area contributed by atoms with Crippen LogP contribution in [0.15, 0.2) is 6.07 Å². The van der Waals surface area contributed by atoms with Crippen LogP contribution < -0.4 is 5.73 Å². The summed E-state index contributed by atoms with van der Waals surface area (Å²) in [7, 11) is 0. The van der Waals surface area contributed by atoms with Gasteiger partial charge in [-0.2, -0.15) is 0 Å². The van der Waals surface area contributed by atoms with Crippen molar-refractivity contribution in [3.8, 4) is 0 Å². The van der Waals surface area contributed by atoms with Crippen LogP contribution in [0.1, 0.15) is 17.8 Å². The quantitative estimate of drug-likeness (QED) is 0.763. The van der Waals surface area contributed by atoms with E-state index in [2.05, 4.69) is 4.98 Å². The van der Waals surface area contributed by atoms with Gasteiger partial charge in [-0.25, -0.2) is 13.8 Å². The Bertz CT molecular complexity index is 318. The second kappa shape index (κ2) is 4.78. The molecule has 0 radical (unpaired) electrons. The Balaban J connectivity index is 3.22. The van der Waals surface area contributed by atoms with Crippen molar-refractivity contribution in [2.75, 3.05) is 0 Å². The van der Waals surface area contributed by atoms with Gasteiger partial charge in [0.05, 0.1) is 5.69 Å². The molecule has 1 aromatic heterocycles. The van der Waals surface area contributed by atoms with E-state index in [9.17, 15) is 8.78 Å². The summed E-state index contributed by atoms with van der Waals surface area (Å²) in [5, 5.41) is 0. The van der Waals surface area contributed by atoms with Gasteiger partial charge in [0.25, 0.3) is 6.43 Å². The third-order valence-electron chi connectivity index (χ3n) is 1.43. The van der Waals surface area contributed by atoms with E-state index in [1.54, 1.807) is 6.07 Å². The lowest BCUT2D eigenvalue weighted by molar-refractivity contribution is 0.144. The highest BCUT2D eigenvalue weighted by atomic mass is 127. The van der Waals surface area contributed by atoms with Gasteiger partial charge in [-0.15, -0.1) is 0 Å². The largest absolute Gasteiger partial charge is 0.325 e. The van der Waals surface area contributed by atoms with Crippen molar-refractivity contribution in [1.82, 2.24) is 4.98 Å². The molecule has 2 N–H and O–H groups in total. The van der Waals surface area contributed by atoms with E-state index in [0.717, 1.165) is 3.57 Å². The van der Waals surface area contributed by atoms with Crippen LogP contribution in [-0.4, -0.2) is 4.98 Å². The number of alkyl halides is 2. The lowest BCUT2D eigenvalue weighted by Crippen LogP contribution is -2.07. The smallest absolute Gasteiger partial charge is 0.281 e. The predicted molar refractivity (Wildman–Crippen MR) is 62.5 cm³/mol. The number of nitrogens with zero attached hydrogens (tertiary/aromatic N) is 1. The van der Waals surface area contributed by atoms with Gasteiger partial charge in [-0.3, -0.25) is 0 Å². The minimum atomic E-state index is -2.53. The summed E-state index contributed by atoms with van der Waals surface area (Å²) in [6.07, 6.45) is -2.53. The van der Waals surface area contributed by atoms with Crippen LogP contribution >= 0.6 is 45.2 Å². The number of halogens is 4. The third kappa shape index (κ3) is 2.69. The lowest BCUT2D eigenvalue weighted by Gasteiger charge is -2.06. The second-order valence-electron chi connectivity index (χ2n) is 2.29. The van der Waals surface area contributed by atoms with Crippen LogP contribution in [-0.2, 0) is 6.54 Å². The molecular weight excluding hydrogens is 404 g/mol. The first-order valence-corrected chi connectivity index (χ1v) is 5.55. The molecule has 72 valence electrons. The molecule has 2 nitrogen and oxygen atoms in total. The van der Waals surface area contributed by atoms with Crippen molar-refractivity contribution in [2.45, 2.75) is 13.0 Å². The molecule has 0 bridgehead atoms. The highest BCUT2D eigenvalue weighted by Gasteiger charge is 2.15. The number of nitrogens with two attached hydrogens (primary N) is 1. The zero-order valence-corrected chi connectivity index (χ0v) is 10.7. The summed E-state index contributed by atoms with van der Waals surface area (Å²) < 4.78 is 26.0. The Kier molecular flexibility index (Phi) is 4.23. The molecule has 1 heterocycles. The van der Waals surface area contributed by atoms with Crippen LogP contribution in [0.4, 0.5) is 8.78 Å². The molecule has 0 amide bonds. The van der Waals surface area contributed by atoms with E-state index >= 15 is 0 Å². The maximum absolute atomic E-state index is 12.4. The standard InChI is InChI=1S/C7H6F2I2N2/c8-7(9)6-4(11)1-3(10)5(2-12)13-6/h1,7H,2,12H2. The van der Waals surface area contributed by atoms with Gasteiger partial charge in [0.1, 0.15) is 5.69 Å². The van der Waals surface area contributed by atoms with E-state index in [1.165, 1.54) is 0 Å². The number of aromatic nitrogens is 1. The van der Waals surface area contributed by atoms with Gasteiger partial charge in [0, 0.05) is 13.7 Å². The van der Waals surface area contributed by atoms with Crippen LogP contribution in [0.25, 0.3) is 0 Å². The average molecular weight is 410 g/mol. The molecule has 0 atom stereocenters. The van der Waals surface area contributed by atoms with Crippen molar-refractivity contribution in [3.05, 3.63) is 24.6 Å². The number of hydrogen-bond donors (Lipinski definition) is 1. The van der Waals surface area contributed by atoms with Crippen LogP contribution in [0.3, 0.4) is 0 Å². The molecule has 6 heteroatoms. The number of hydrogen-bond acceptors (Lipinski definition) is 2. The molecule has 13 heavy (non-hydrogen) atoms. The average Bonchev–Trinajstić information content (AvgIpc) is 2.03. The zero-order valence-electron chi connectivity index (χ0n) is 6.40. The minimum Gasteiger partial charge on any atom is -0.325 e. The van der Waals surface area contributed by atoms with Gasteiger partial charge in [-0.05, 0) is 51.2 Å². The van der Waals surface area contributed by atoms with Gasteiger partial charge < -0.3 is 5.73 Å². The Morgan fingerprint density at radius 1 is 1.38 bits per heavy atom. The highest BCUT2D eigenvalue weighted by molar-refractivity contribution is 14.1. The van der Waals surface area contributed by atoms with Gasteiger partial charge in [0.2, 0.25) is 0 Å². The normalized spacial score (nSPS) is 10.9. The molecule has 0 aliphatic rings. The van der Waals surface area contributed by atoms with Crippen LogP contribution in [0.2, 0.25) is 0 Å². The van der Waals surface area contributed by atoms with Crippen LogP contribution in [0.5, 0.6) is 0 Å². The molecular formula is C7H6F2I2N2. The fourth-order valence-electron chi connectivity index (χ4n) is 0.817. The Labute approximate surface area is 102 Å². The first kappa shape index (κ1) is 11.5. The molecule has 0 saturated carbocycles. The van der Waals surface area contributed by atoms with Crippen molar-refractivity contribution in [2.24, 2.45) is 5.73 Å². The van der Waals surface area contributed by atoms with Crippen LogP contribution in [0, 0.1) is 7.14 Å². The summed E-state index contributed by atoms with van der Waals surface area (Å²) in [4.78, 5) is 3.80. The summed E-state index contributed by atoms with van der Waals surface area (Å²) in [5.41, 5.74) is 5.70. The highest BCUT2D eigenvalue weighted by Crippen LogP contribution is 2.25. The maximum atomic E-state index is 12.4. The summed E-state index contributed by atoms with van der Waals surface area (Å²) in [6, 6.07) is 1.66. The lowest BCUT2D eigenvalue weighted by atomic mass is 10.3. The first-order chi connectivity index (χ1) is 6.06. The molecule has 1 rings (SSSR count). The monoisotopic (exact) mass is 410 g/mol. The van der Waals surface area contributed by atoms with E-state index in [4.69, 9.17) is 5.73 Å². The van der Waals surface area contributed by atoms with E-state index in [-0.39, 0.29) is 12.2 Å². The fourth-order valence-corrected chi connectivity index (χ4v) is 2.73. The fraction of sp³-hybridized carbons (Fsp3) is 0.286. The van der Waals surface area contributed by atoms with E-state index < -0.39 is 6.43 Å². The number of rotatable bonds is 2. The van der Waals surface area contributed by atoms with Gasteiger partial charge in [0.15, 0.2) is 0 Å².